The molecule has 0 atom stereocenters. The monoisotopic (exact) mass is 611 g/mol. The molecule has 0 aromatic heterocycles. The highest BCUT2D eigenvalue weighted by atomic mass is 32.2. The van der Waals surface area contributed by atoms with E-state index in [-0.39, 0.29) is 34.5 Å². The molecule has 216 valence electrons. The van der Waals surface area contributed by atoms with Gasteiger partial charge in [-0.15, -0.1) is 0 Å². The molecule has 0 radical (unpaired) electrons. The molecule has 0 saturated carbocycles. The molecular formula is C33H25NO7S2. The normalized spacial score (nSPS) is 14.5. The average Bonchev–Trinajstić information content (AvgIpc) is 3.28. The van der Waals surface area contributed by atoms with E-state index in [2.05, 4.69) is 0 Å². The Morgan fingerprint density at radius 2 is 1.44 bits per heavy atom. The summed E-state index contributed by atoms with van der Waals surface area (Å²) < 4.78 is 43.2. The number of benzene rings is 5. The molecule has 1 aliphatic heterocycles. The lowest BCUT2D eigenvalue weighted by atomic mass is 10.1. The fraction of sp³-hybridized carbons (Fsp3) is 0.0909. The zero-order chi connectivity index (χ0) is 30.0. The van der Waals surface area contributed by atoms with Crippen molar-refractivity contribution in [3.63, 3.8) is 0 Å². The highest BCUT2D eigenvalue weighted by molar-refractivity contribution is 8.18. The number of fused-ring (bicyclic) bond motifs is 2. The molecule has 10 heteroatoms. The second kappa shape index (κ2) is 11.8. The molecule has 8 nitrogen and oxygen atoms in total. The molecule has 0 spiro atoms. The van der Waals surface area contributed by atoms with Crippen molar-refractivity contribution in [1.82, 2.24) is 4.90 Å². The van der Waals surface area contributed by atoms with Gasteiger partial charge in [0.25, 0.3) is 11.1 Å². The maximum absolute atomic E-state index is 13.2. The standard InChI is InChI=1S/C33H25NO7S2/c1-39-29-20-22(16-17-28(29)41-43(37,38)31-15-7-11-24-9-3-5-13-26(24)31)21-30-32(35)34(33(36)42-30)18-19-40-27-14-6-10-23-8-2-4-12-25(23)27/h2-17,20-21H,18-19H2,1H3/b30-21-. The average molecular weight is 612 g/mol. The van der Waals surface area contributed by atoms with Crippen molar-refractivity contribution >= 4 is 60.6 Å². The minimum absolute atomic E-state index is 0.00808. The van der Waals surface area contributed by atoms with Gasteiger partial charge in [-0.05, 0) is 58.4 Å². The molecule has 0 aliphatic carbocycles. The first-order valence-corrected chi connectivity index (χ1v) is 15.5. The number of methoxy groups -OCH3 is 1. The van der Waals surface area contributed by atoms with Crippen molar-refractivity contribution in [3.05, 3.63) is 114 Å². The fourth-order valence-electron chi connectivity index (χ4n) is 4.83. The smallest absolute Gasteiger partial charge is 0.339 e. The number of thioether (sulfide) groups is 1. The van der Waals surface area contributed by atoms with Crippen molar-refractivity contribution < 1.29 is 31.7 Å². The molecule has 1 aliphatic rings. The molecule has 0 bridgehead atoms. The second-order valence-corrected chi connectivity index (χ2v) is 12.1. The SMILES string of the molecule is COc1cc(/C=C2\SC(=O)N(CCOc3cccc4ccccc34)C2=O)ccc1OS(=O)(=O)c1cccc2ccccc12. The van der Waals surface area contributed by atoms with Gasteiger partial charge in [-0.3, -0.25) is 14.5 Å². The van der Waals surface area contributed by atoms with E-state index in [9.17, 15) is 18.0 Å². The van der Waals surface area contributed by atoms with Gasteiger partial charge in [-0.25, -0.2) is 0 Å². The first-order valence-electron chi connectivity index (χ1n) is 13.3. The van der Waals surface area contributed by atoms with Gasteiger partial charge in [-0.1, -0.05) is 78.9 Å². The summed E-state index contributed by atoms with van der Waals surface area (Å²) in [6.07, 6.45) is 1.56. The van der Waals surface area contributed by atoms with Crippen LogP contribution in [0.2, 0.25) is 0 Å². The zero-order valence-corrected chi connectivity index (χ0v) is 24.6. The first-order chi connectivity index (χ1) is 20.8. The molecule has 0 N–H and O–H groups in total. The Morgan fingerprint density at radius 1 is 0.767 bits per heavy atom. The summed E-state index contributed by atoms with van der Waals surface area (Å²) >= 11 is 0.827. The molecule has 6 rings (SSSR count). The molecule has 5 aromatic carbocycles. The molecule has 1 fully saturated rings. The van der Waals surface area contributed by atoms with Gasteiger partial charge in [0.05, 0.1) is 18.6 Å². The quantitative estimate of drug-likeness (QED) is 0.131. The van der Waals surface area contributed by atoms with Crippen molar-refractivity contribution in [2.24, 2.45) is 0 Å². The van der Waals surface area contributed by atoms with Gasteiger partial charge in [0.15, 0.2) is 11.5 Å². The number of carbonyl (C=O) groups is 2. The van der Waals surface area contributed by atoms with Crippen LogP contribution in [0.4, 0.5) is 4.79 Å². The summed E-state index contributed by atoms with van der Waals surface area (Å²) in [7, 11) is -2.80. The number of amides is 2. The number of rotatable bonds is 9. The number of nitrogens with zero attached hydrogens (tertiary/aromatic N) is 1. The molecular weight excluding hydrogens is 586 g/mol. The van der Waals surface area contributed by atoms with Gasteiger partial charge >= 0.3 is 10.1 Å². The van der Waals surface area contributed by atoms with Gasteiger partial charge in [0.1, 0.15) is 17.3 Å². The van der Waals surface area contributed by atoms with Crippen molar-refractivity contribution in [2.45, 2.75) is 4.90 Å². The van der Waals surface area contributed by atoms with E-state index < -0.39 is 21.3 Å². The third-order valence-corrected chi connectivity index (χ3v) is 9.10. The van der Waals surface area contributed by atoms with E-state index in [0.717, 1.165) is 32.8 Å². The van der Waals surface area contributed by atoms with Crippen LogP contribution in [0.3, 0.4) is 0 Å². The summed E-state index contributed by atoms with van der Waals surface area (Å²) in [6.45, 7) is 0.234. The highest BCUT2D eigenvalue weighted by Crippen LogP contribution is 2.36. The molecule has 2 amide bonds. The van der Waals surface area contributed by atoms with Gasteiger partial charge < -0.3 is 13.7 Å². The largest absolute Gasteiger partial charge is 0.493 e. The molecule has 5 aromatic rings. The summed E-state index contributed by atoms with van der Waals surface area (Å²) in [5.74, 6) is 0.387. The maximum Gasteiger partial charge on any atom is 0.339 e. The predicted octanol–water partition coefficient (Wildman–Crippen LogP) is 6.88. The predicted molar refractivity (Wildman–Crippen MR) is 167 cm³/mol. The van der Waals surface area contributed by atoms with E-state index in [0.29, 0.717) is 16.7 Å². The van der Waals surface area contributed by atoms with Crippen LogP contribution in [0.15, 0.2) is 113 Å². The van der Waals surface area contributed by atoms with Crippen LogP contribution < -0.4 is 13.7 Å². The van der Waals surface area contributed by atoms with Crippen LogP contribution in [0.1, 0.15) is 5.56 Å². The van der Waals surface area contributed by atoms with E-state index in [1.54, 1.807) is 36.4 Å². The van der Waals surface area contributed by atoms with Gasteiger partial charge in [0.2, 0.25) is 0 Å². The number of hydrogen-bond acceptors (Lipinski definition) is 8. The fourth-order valence-corrected chi connectivity index (χ4v) is 6.86. The molecule has 43 heavy (non-hydrogen) atoms. The minimum Gasteiger partial charge on any atom is -0.493 e. The van der Waals surface area contributed by atoms with Crippen molar-refractivity contribution in [1.29, 1.82) is 0 Å². The third-order valence-electron chi connectivity index (χ3n) is 6.90. The van der Waals surface area contributed by atoms with Crippen LogP contribution in [0, 0.1) is 0 Å². The topological polar surface area (TPSA) is 99.2 Å². The molecule has 0 unspecified atom stereocenters. The summed E-state index contributed by atoms with van der Waals surface area (Å²) in [4.78, 5) is 27.1. The maximum atomic E-state index is 13.2. The lowest BCUT2D eigenvalue weighted by Crippen LogP contribution is -2.32. The van der Waals surface area contributed by atoms with Gasteiger partial charge in [0, 0.05) is 10.8 Å². The Hall–Kier alpha value is -4.80. The number of carbonyl (C=O) groups excluding carboxylic acids is 2. The summed E-state index contributed by atoms with van der Waals surface area (Å²) in [5.41, 5.74) is 0.532. The van der Waals surface area contributed by atoms with Gasteiger partial charge in [-0.2, -0.15) is 8.42 Å². The Morgan fingerprint density at radius 3 is 2.21 bits per heavy atom. The Labute approximate surface area is 252 Å². The zero-order valence-electron chi connectivity index (χ0n) is 22.9. The number of imide groups is 1. The molecule has 1 heterocycles. The van der Waals surface area contributed by atoms with Crippen LogP contribution >= 0.6 is 11.8 Å². The first kappa shape index (κ1) is 28.3. The lowest BCUT2D eigenvalue weighted by molar-refractivity contribution is -0.123. The lowest BCUT2D eigenvalue weighted by Gasteiger charge is -2.14. The van der Waals surface area contributed by atoms with E-state index in [1.807, 2.05) is 60.7 Å². The Balaban J connectivity index is 1.16. The van der Waals surface area contributed by atoms with Crippen LogP contribution in [-0.2, 0) is 14.9 Å². The van der Waals surface area contributed by atoms with Crippen LogP contribution in [0.25, 0.3) is 27.6 Å². The third kappa shape index (κ3) is 5.79. The highest BCUT2D eigenvalue weighted by Gasteiger charge is 2.35. The van der Waals surface area contributed by atoms with Crippen LogP contribution in [0.5, 0.6) is 17.2 Å². The Bertz CT molecular complexity index is 2010. The van der Waals surface area contributed by atoms with E-state index in [1.165, 1.54) is 19.2 Å². The Kier molecular flexibility index (Phi) is 7.79. The minimum atomic E-state index is -4.19. The van der Waals surface area contributed by atoms with E-state index >= 15 is 0 Å². The van der Waals surface area contributed by atoms with Crippen molar-refractivity contribution in [2.75, 3.05) is 20.3 Å². The van der Waals surface area contributed by atoms with E-state index in [4.69, 9.17) is 13.7 Å². The van der Waals surface area contributed by atoms with Crippen molar-refractivity contribution in [3.8, 4) is 17.2 Å². The number of ether oxygens (including phenoxy) is 2. The second-order valence-electron chi connectivity index (χ2n) is 9.58. The summed E-state index contributed by atoms with van der Waals surface area (Å²) in [6, 6.07) is 30.2. The van der Waals surface area contributed by atoms with Crippen LogP contribution in [-0.4, -0.2) is 44.7 Å². The summed E-state index contributed by atoms with van der Waals surface area (Å²) in [5, 5.41) is 2.89. The number of hydrogen-bond donors (Lipinski definition) is 0. The molecule has 1 saturated heterocycles.